The van der Waals surface area contributed by atoms with E-state index in [9.17, 15) is 10.0 Å². The summed E-state index contributed by atoms with van der Waals surface area (Å²) in [6.45, 7) is 6.89. The molecule has 0 saturated carbocycles. The van der Waals surface area contributed by atoms with Crippen molar-refractivity contribution in [1.29, 1.82) is 0 Å². The average Bonchev–Trinajstić information content (AvgIpc) is 2.37. The third-order valence-corrected chi connectivity index (χ3v) is 5.32. The minimum Gasteiger partial charge on any atom is -0.423 e. The molecule has 0 heterocycles. The highest BCUT2D eigenvalue weighted by molar-refractivity contribution is 6.89. The predicted octanol–water partition coefficient (Wildman–Crippen LogP) is 1.58. The smallest absolute Gasteiger partial charge is 0.423 e. The number of benzene rings is 2. The molecule has 0 aliphatic carbocycles. The molecule has 0 spiro atoms. The fraction of sp³-hybridized carbons (Fsp3) is 0.200. The maximum absolute atomic E-state index is 9.53. The first-order valence-corrected chi connectivity index (χ1v) is 9.96. The molecule has 2 nitrogen and oxygen atoms in total. The second kappa shape index (κ2) is 5.33. The largest absolute Gasteiger partial charge is 0.489 e. The summed E-state index contributed by atoms with van der Waals surface area (Å²) in [4.78, 5) is 0. The van der Waals surface area contributed by atoms with Crippen molar-refractivity contribution < 1.29 is 10.0 Å². The van der Waals surface area contributed by atoms with Gasteiger partial charge in [0.25, 0.3) is 0 Å². The summed E-state index contributed by atoms with van der Waals surface area (Å²) in [5, 5.41) is 20.4. The summed E-state index contributed by atoms with van der Waals surface area (Å²) >= 11 is 0. The molecule has 19 heavy (non-hydrogen) atoms. The van der Waals surface area contributed by atoms with Gasteiger partial charge in [-0.15, -0.1) is 0 Å². The molecule has 0 aromatic heterocycles. The topological polar surface area (TPSA) is 40.5 Å². The van der Waals surface area contributed by atoms with Crippen LogP contribution in [0, 0.1) is 0 Å². The Morgan fingerprint density at radius 3 is 1.89 bits per heavy atom. The minimum absolute atomic E-state index is 0.563. The van der Waals surface area contributed by atoms with Gasteiger partial charge in [0.15, 0.2) is 0 Å². The Hall–Kier alpha value is -1.36. The van der Waals surface area contributed by atoms with E-state index in [4.69, 9.17) is 0 Å². The van der Waals surface area contributed by atoms with Crippen LogP contribution in [0.3, 0.4) is 0 Å². The van der Waals surface area contributed by atoms with E-state index in [-0.39, 0.29) is 0 Å². The highest BCUT2D eigenvalue weighted by Gasteiger charge is 2.23. The highest BCUT2D eigenvalue weighted by atomic mass is 28.3. The van der Waals surface area contributed by atoms with Crippen LogP contribution >= 0.6 is 0 Å². The average molecular weight is 270 g/mol. The van der Waals surface area contributed by atoms with Crippen LogP contribution < -0.4 is 10.6 Å². The molecular weight excluding hydrogens is 251 g/mol. The van der Waals surface area contributed by atoms with Crippen molar-refractivity contribution >= 4 is 25.8 Å². The van der Waals surface area contributed by atoms with Crippen molar-refractivity contribution in [2.45, 2.75) is 19.6 Å². The Kier molecular flexibility index (Phi) is 3.94. The van der Waals surface area contributed by atoms with E-state index in [2.05, 4.69) is 37.8 Å². The van der Waals surface area contributed by atoms with Crippen LogP contribution in [0.5, 0.6) is 0 Å². The van der Waals surface area contributed by atoms with Gasteiger partial charge in [-0.05, 0) is 16.6 Å². The molecule has 4 heteroatoms. The molecule has 0 fully saturated rings. The van der Waals surface area contributed by atoms with E-state index < -0.39 is 15.2 Å². The first-order chi connectivity index (χ1) is 8.91. The van der Waals surface area contributed by atoms with E-state index in [1.54, 1.807) is 6.07 Å². The minimum atomic E-state index is -1.48. The predicted molar refractivity (Wildman–Crippen MR) is 84.7 cm³/mol. The maximum atomic E-state index is 9.53. The van der Waals surface area contributed by atoms with Gasteiger partial charge in [0.05, 0.1) is 8.07 Å². The SMILES string of the molecule is C[Si](C)(C)c1ccccc1-c1ccccc1B(O)O. The lowest BCUT2D eigenvalue weighted by Gasteiger charge is -2.22. The van der Waals surface area contributed by atoms with E-state index in [0.29, 0.717) is 5.46 Å². The molecule has 2 aromatic carbocycles. The van der Waals surface area contributed by atoms with Gasteiger partial charge in [-0.2, -0.15) is 0 Å². The Bertz CT molecular complexity index is 576. The number of hydrogen-bond donors (Lipinski definition) is 2. The quantitative estimate of drug-likeness (QED) is 0.831. The molecule has 0 amide bonds. The van der Waals surface area contributed by atoms with Gasteiger partial charge in [-0.25, -0.2) is 0 Å². The van der Waals surface area contributed by atoms with Crippen molar-refractivity contribution in [3.8, 4) is 11.1 Å². The summed E-state index contributed by atoms with van der Waals surface area (Å²) in [6.07, 6.45) is 0. The van der Waals surface area contributed by atoms with Crippen molar-refractivity contribution in [2.24, 2.45) is 0 Å². The standard InChI is InChI=1S/C15H19BO2Si/c1-19(2,3)15-11-7-5-9-13(15)12-8-4-6-10-14(12)16(17)18/h4-11,17-18H,1-3H3. The molecule has 0 aliphatic heterocycles. The van der Waals surface area contributed by atoms with Gasteiger partial charge < -0.3 is 10.0 Å². The van der Waals surface area contributed by atoms with E-state index in [0.717, 1.165) is 11.1 Å². The van der Waals surface area contributed by atoms with E-state index >= 15 is 0 Å². The normalized spacial score (nSPS) is 11.4. The zero-order valence-electron chi connectivity index (χ0n) is 11.6. The molecule has 0 saturated heterocycles. The summed E-state index contributed by atoms with van der Waals surface area (Å²) in [5.41, 5.74) is 2.59. The van der Waals surface area contributed by atoms with Crippen molar-refractivity contribution in [3.63, 3.8) is 0 Å². The van der Waals surface area contributed by atoms with Crippen LogP contribution in [-0.2, 0) is 0 Å². The van der Waals surface area contributed by atoms with E-state index in [1.165, 1.54) is 5.19 Å². The molecule has 98 valence electrons. The zero-order chi connectivity index (χ0) is 14.0. The molecule has 0 unspecified atom stereocenters. The zero-order valence-corrected chi connectivity index (χ0v) is 12.6. The van der Waals surface area contributed by atoms with Crippen LogP contribution in [0.25, 0.3) is 11.1 Å². The maximum Gasteiger partial charge on any atom is 0.489 e. The lowest BCUT2D eigenvalue weighted by molar-refractivity contribution is 0.426. The van der Waals surface area contributed by atoms with Crippen molar-refractivity contribution in [3.05, 3.63) is 48.5 Å². The second-order valence-corrected chi connectivity index (χ2v) is 10.8. The molecule has 2 aromatic rings. The molecule has 0 aliphatic rings. The fourth-order valence-corrected chi connectivity index (χ4v) is 3.96. The van der Waals surface area contributed by atoms with Gasteiger partial charge in [0.1, 0.15) is 0 Å². The summed E-state index contributed by atoms with van der Waals surface area (Å²) in [5.74, 6) is 0. The Labute approximate surface area is 115 Å². The van der Waals surface area contributed by atoms with Crippen LogP contribution in [0.2, 0.25) is 19.6 Å². The molecule has 2 N–H and O–H groups in total. The molecular formula is C15H19BO2Si. The highest BCUT2D eigenvalue weighted by Crippen LogP contribution is 2.19. The Morgan fingerprint density at radius 1 is 0.789 bits per heavy atom. The summed E-state index contributed by atoms with van der Waals surface area (Å²) < 4.78 is 0. The number of hydrogen-bond acceptors (Lipinski definition) is 2. The van der Waals surface area contributed by atoms with Crippen molar-refractivity contribution in [1.82, 2.24) is 0 Å². The monoisotopic (exact) mass is 270 g/mol. The van der Waals surface area contributed by atoms with Crippen molar-refractivity contribution in [2.75, 3.05) is 0 Å². The van der Waals surface area contributed by atoms with Crippen LogP contribution in [-0.4, -0.2) is 25.2 Å². The summed E-state index contributed by atoms with van der Waals surface area (Å²) in [6, 6.07) is 15.7. The molecule has 0 atom stereocenters. The van der Waals surface area contributed by atoms with Crippen LogP contribution in [0.4, 0.5) is 0 Å². The first kappa shape index (κ1) is 14.1. The van der Waals surface area contributed by atoms with Crippen LogP contribution in [0.1, 0.15) is 0 Å². The molecule has 0 bridgehead atoms. The molecule has 2 rings (SSSR count). The molecule has 0 radical (unpaired) electrons. The summed E-state index contributed by atoms with van der Waals surface area (Å²) in [7, 11) is -2.92. The van der Waals surface area contributed by atoms with Gasteiger partial charge in [0, 0.05) is 0 Å². The fourth-order valence-electron chi connectivity index (χ4n) is 2.34. The van der Waals surface area contributed by atoms with Gasteiger partial charge >= 0.3 is 7.12 Å². The van der Waals surface area contributed by atoms with Gasteiger partial charge in [0.2, 0.25) is 0 Å². The third-order valence-electron chi connectivity index (χ3n) is 3.26. The number of rotatable bonds is 3. The Morgan fingerprint density at radius 2 is 1.32 bits per heavy atom. The second-order valence-electron chi connectivity index (χ2n) is 5.76. The lowest BCUT2D eigenvalue weighted by Crippen LogP contribution is -2.40. The lowest BCUT2D eigenvalue weighted by atomic mass is 9.75. The van der Waals surface area contributed by atoms with Gasteiger partial charge in [-0.1, -0.05) is 73.4 Å². The van der Waals surface area contributed by atoms with Crippen LogP contribution in [0.15, 0.2) is 48.5 Å². The van der Waals surface area contributed by atoms with Gasteiger partial charge in [-0.3, -0.25) is 0 Å². The first-order valence-electron chi connectivity index (χ1n) is 6.46. The van der Waals surface area contributed by atoms with E-state index in [1.807, 2.05) is 24.3 Å². The Balaban J connectivity index is 2.67. The third kappa shape index (κ3) is 2.97.